The summed E-state index contributed by atoms with van der Waals surface area (Å²) in [7, 11) is 0. The number of carbonyl (C=O) groups is 1. The molecule has 0 aliphatic rings. The molecule has 19 heavy (non-hydrogen) atoms. The zero-order chi connectivity index (χ0) is 13.5. The molecule has 0 saturated heterocycles. The van der Waals surface area contributed by atoms with Crippen molar-refractivity contribution < 1.29 is 8.53 Å². The Kier molecular flexibility index (Phi) is 5.05. The summed E-state index contributed by atoms with van der Waals surface area (Å²) in [5.41, 5.74) is 1.90. The molecule has 2 aromatic rings. The van der Waals surface area contributed by atoms with Crippen molar-refractivity contribution in [3.63, 3.8) is 0 Å². The van der Waals surface area contributed by atoms with Gasteiger partial charge >= 0.3 is 118 Å². The first-order valence-electron chi connectivity index (χ1n) is 6.05. The number of anilines is 1. The molecule has 0 heterocycles. The summed E-state index contributed by atoms with van der Waals surface area (Å²) in [6.45, 7) is 0. The van der Waals surface area contributed by atoms with Gasteiger partial charge in [-0.05, 0) is 0 Å². The van der Waals surface area contributed by atoms with Gasteiger partial charge in [-0.2, -0.15) is 0 Å². The van der Waals surface area contributed by atoms with E-state index in [0.29, 0.717) is 6.42 Å². The second-order valence-corrected chi connectivity index (χ2v) is 5.64. The Labute approximate surface area is 118 Å². The SMILES string of the molecule is O=[As]c1ccc(NC(=O)CCc2ccccc2)cc1. The zero-order valence-corrected chi connectivity index (χ0v) is 12.3. The van der Waals surface area contributed by atoms with Gasteiger partial charge in [0.2, 0.25) is 0 Å². The predicted molar refractivity (Wildman–Crippen MR) is 75.9 cm³/mol. The molecule has 0 aliphatic heterocycles. The van der Waals surface area contributed by atoms with Crippen LogP contribution in [0.3, 0.4) is 0 Å². The predicted octanol–water partition coefficient (Wildman–Crippen LogP) is 1.93. The quantitative estimate of drug-likeness (QED) is 0.857. The molecule has 96 valence electrons. The van der Waals surface area contributed by atoms with E-state index in [2.05, 4.69) is 5.32 Å². The number of benzene rings is 2. The average molecular weight is 315 g/mol. The van der Waals surface area contributed by atoms with Crippen LogP contribution in [-0.2, 0) is 15.0 Å². The van der Waals surface area contributed by atoms with Crippen LogP contribution in [0.25, 0.3) is 0 Å². The van der Waals surface area contributed by atoms with Crippen molar-refractivity contribution in [1.82, 2.24) is 0 Å². The van der Waals surface area contributed by atoms with Gasteiger partial charge in [0.05, 0.1) is 0 Å². The molecule has 4 heteroatoms. The normalized spacial score (nSPS) is 10.3. The molecule has 2 aromatic carbocycles. The van der Waals surface area contributed by atoms with Crippen LogP contribution in [-0.4, -0.2) is 21.6 Å². The Hall–Kier alpha value is -1.73. The summed E-state index contributed by atoms with van der Waals surface area (Å²) in [5.74, 6) is -0.00741. The van der Waals surface area contributed by atoms with Gasteiger partial charge in [0, 0.05) is 0 Å². The van der Waals surface area contributed by atoms with Gasteiger partial charge < -0.3 is 0 Å². The molecule has 2 rings (SSSR count). The van der Waals surface area contributed by atoms with Crippen LogP contribution < -0.4 is 9.67 Å². The summed E-state index contributed by atoms with van der Waals surface area (Å²) in [4.78, 5) is 11.8. The van der Waals surface area contributed by atoms with Gasteiger partial charge in [0.15, 0.2) is 0 Å². The first kappa shape index (κ1) is 13.7. The Morgan fingerprint density at radius 2 is 1.68 bits per heavy atom. The van der Waals surface area contributed by atoms with Crippen molar-refractivity contribution in [2.45, 2.75) is 12.8 Å². The minimum atomic E-state index is -0.993. The molecule has 0 unspecified atom stereocenters. The zero-order valence-electron chi connectivity index (χ0n) is 10.4. The molecule has 1 N–H and O–H groups in total. The number of nitrogens with one attached hydrogen (secondary N) is 1. The Morgan fingerprint density at radius 3 is 2.32 bits per heavy atom. The van der Waals surface area contributed by atoms with Gasteiger partial charge in [-0.15, -0.1) is 0 Å². The van der Waals surface area contributed by atoms with Crippen LogP contribution in [0.1, 0.15) is 12.0 Å². The molecule has 0 bridgehead atoms. The summed E-state index contributed by atoms with van der Waals surface area (Å²) in [6.07, 6.45) is 1.19. The first-order valence-corrected chi connectivity index (χ1v) is 7.75. The monoisotopic (exact) mass is 315 g/mol. The number of carbonyl (C=O) groups excluding carboxylic acids is 1. The standard InChI is InChI=1S/C15H14AsNO2/c18-15(11-6-12-4-2-1-3-5-12)17-14-9-7-13(16-19)8-10-14/h1-5,7-10H,6,11H2,(H,17,18). The second-order valence-electron chi connectivity index (χ2n) is 4.17. The maximum atomic E-state index is 11.8. The van der Waals surface area contributed by atoms with Crippen LogP contribution in [0.2, 0.25) is 0 Å². The fourth-order valence-electron chi connectivity index (χ4n) is 1.73. The molecule has 0 saturated carbocycles. The van der Waals surface area contributed by atoms with Crippen molar-refractivity contribution in [1.29, 1.82) is 0 Å². The minimum absolute atomic E-state index is 0.00741. The molecule has 0 aromatic heterocycles. The van der Waals surface area contributed by atoms with Crippen molar-refractivity contribution in [2.24, 2.45) is 0 Å². The van der Waals surface area contributed by atoms with Crippen LogP contribution in [0, 0.1) is 0 Å². The first-order chi connectivity index (χ1) is 9.28. The van der Waals surface area contributed by atoms with Crippen molar-refractivity contribution >= 4 is 31.6 Å². The number of aryl methyl sites for hydroxylation is 1. The molecule has 0 aliphatic carbocycles. The van der Waals surface area contributed by atoms with Gasteiger partial charge in [0.1, 0.15) is 0 Å². The molecule has 0 spiro atoms. The van der Waals surface area contributed by atoms with Crippen molar-refractivity contribution in [2.75, 3.05) is 5.32 Å². The number of hydrogen-bond donors (Lipinski definition) is 1. The van der Waals surface area contributed by atoms with Crippen molar-refractivity contribution in [3.05, 3.63) is 60.2 Å². The van der Waals surface area contributed by atoms with E-state index in [9.17, 15) is 8.53 Å². The third-order valence-electron chi connectivity index (χ3n) is 2.74. The summed E-state index contributed by atoms with van der Waals surface area (Å²) in [6, 6.07) is 17.0. The molecular weight excluding hydrogens is 301 g/mol. The second kappa shape index (κ2) is 7.00. The Morgan fingerprint density at radius 1 is 1.00 bits per heavy atom. The summed E-state index contributed by atoms with van der Waals surface area (Å²) < 4.78 is 11.5. The average Bonchev–Trinajstić information content (AvgIpc) is 2.47. The number of rotatable bonds is 5. The molecule has 0 fully saturated rings. The fraction of sp³-hybridized carbons (Fsp3) is 0.133. The van der Waals surface area contributed by atoms with E-state index in [1.54, 1.807) is 24.3 Å². The van der Waals surface area contributed by atoms with Crippen LogP contribution in [0.15, 0.2) is 54.6 Å². The van der Waals surface area contributed by atoms with E-state index < -0.39 is 15.7 Å². The van der Waals surface area contributed by atoms with E-state index in [1.165, 1.54) is 0 Å². The number of hydrogen-bond acceptors (Lipinski definition) is 2. The number of amides is 1. The van der Waals surface area contributed by atoms with Crippen LogP contribution >= 0.6 is 0 Å². The topological polar surface area (TPSA) is 46.2 Å². The molecule has 0 atom stereocenters. The van der Waals surface area contributed by atoms with E-state index >= 15 is 0 Å². The van der Waals surface area contributed by atoms with Crippen molar-refractivity contribution in [3.8, 4) is 0 Å². The van der Waals surface area contributed by atoms with Gasteiger partial charge in [-0.1, -0.05) is 0 Å². The fourth-order valence-corrected chi connectivity index (χ4v) is 2.30. The Balaban J connectivity index is 1.85. The van der Waals surface area contributed by atoms with Gasteiger partial charge in [-0.3, -0.25) is 0 Å². The van der Waals surface area contributed by atoms with E-state index in [1.807, 2.05) is 30.3 Å². The molecule has 1 amide bonds. The summed E-state index contributed by atoms with van der Waals surface area (Å²) in [5, 5.41) is 2.83. The van der Waals surface area contributed by atoms with Gasteiger partial charge in [0.25, 0.3) is 0 Å². The third-order valence-corrected chi connectivity index (χ3v) is 3.81. The molecule has 0 radical (unpaired) electrons. The van der Waals surface area contributed by atoms with Gasteiger partial charge in [-0.25, -0.2) is 0 Å². The summed E-state index contributed by atoms with van der Waals surface area (Å²) >= 11 is -0.993. The van der Waals surface area contributed by atoms with Crippen LogP contribution in [0.5, 0.6) is 0 Å². The third kappa shape index (κ3) is 4.45. The van der Waals surface area contributed by atoms with E-state index in [4.69, 9.17) is 0 Å². The Bertz CT molecular complexity index is 552. The molecule has 3 nitrogen and oxygen atoms in total. The van der Waals surface area contributed by atoms with E-state index in [0.717, 1.165) is 22.0 Å². The maximum absolute atomic E-state index is 11.8. The van der Waals surface area contributed by atoms with Crippen LogP contribution in [0.4, 0.5) is 5.69 Å². The van der Waals surface area contributed by atoms with E-state index in [-0.39, 0.29) is 5.91 Å². The molecular formula is C15H14AsNO2.